The fourth-order valence-electron chi connectivity index (χ4n) is 3.56. The maximum absolute atomic E-state index is 13.3. The van der Waals surface area contributed by atoms with E-state index in [1.165, 1.54) is 16.8 Å². The first-order valence-corrected chi connectivity index (χ1v) is 13.3. The van der Waals surface area contributed by atoms with Crippen LogP contribution in [0.4, 0.5) is 5.69 Å². The van der Waals surface area contributed by atoms with Crippen molar-refractivity contribution < 1.29 is 9.66 Å². The average Bonchev–Trinajstić information content (AvgIpc) is 2.87. The lowest BCUT2D eigenvalue weighted by molar-refractivity contribution is -0.384. The lowest BCUT2D eigenvalue weighted by atomic mass is 10.1. The highest BCUT2D eigenvalue weighted by molar-refractivity contribution is 9.10. The molecule has 1 heterocycles. The Morgan fingerprint density at radius 2 is 1.92 bits per heavy atom. The zero-order valence-corrected chi connectivity index (χ0v) is 23.7. The molecule has 0 aliphatic heterocycles. The van der Waals surface area contributed by atoms with E-state index in [1.807, 2.05) is 26.0 Å². The first-order valence-electron chi connectivity index (χ1n) is 11.3. The first kappa shape index (κ1) is 27.0. The van der Waals surface area contributed by atoms with Gasteiger partial charge in [-0.3, -0.25) is 14.9 Å². The summed E-state index contributed by atoms with van der Waals surface area (Å²) in [4.78, 5) is 28.4. The van der Waals surface area contributed by atoms with Crippen LogP contribution in [-0.4, -0.2) is 20.8 Å². The third kappa shape index (κ3) is 6.08. The summed E-state index contributed by atoms with van der Waals surface area (Å²) in [5, 5.41) is 16.1. The van der Waals surface area contributed by atoms with Gasteiger partial charge in [-0.05, 0) is 75.9 Å². The van der Waals surface area contributed by atoms with Crippen LogP contribution in [0.15, 0.2) is 73.4 Å². The normalized spacial score (nSPS) is 12.2. The number of aromatic nitrogens is 2. The Balaban J connectivity index is 1.62. The smallest absolute Gasteiger partial charge is 0.282 e. The van der Waals surface area contributed by atoms with E-state index in [-0.39, 0.29) is 23.8 Å². The second-order valence-electron chi connectivity index (χ2n) is 8.33. The molecule has 0 unspecified atom stereocenters. The predicted molar refractivity (Wildman–Crippen MR) is 152 cm³/mol. The second-order valence-corrected chi connectivity index (χ2v) is 10.5. The maximum Gasteiger partial charge on any atom is 0.282 e. The Bertz CT molecular complexity index is 1550. The van der Waals surface area contributed by atoms with Crippen molar-refractivity contribution in [3.8, 4) is 5.75 Å². The fourth-order valence-corrected chi connectivity index (χ4v) is 4.91. The molecular weight excluding hydrogens is 628 g/mol. The van der Waals surface area contributed by atoms with Gasteiger partial charge in [0.1, 0.15) is 12.4 Å². The third-order valence-electron chi connectivity index (χ3n) is 5.76. The monoisotopic (exact) mass is 646 g/mol. The molecule has 0 N–H and O–H groups in total. The lowest BCUT2D eigenvalue weighted by Crippen LogP contribution is -2.23. The summed E-state index contributed by atoms with van der Waals surface area (Å²) >= 11 is 13.4. The van der Waals surface area contributed by atoms with Gasteiger partial charge in [0, 0.05) is 22.5 Å². The highest BCUT2D eigenvalue weighted by atomic mass is 79.9. The second kappa shape index (κ2) is 11.5. The number of nitro groups is 1. The van der Waals surface area contributed by atoms with Gasteiger partial charge in [-0.15, -0.1) is 0 Å². The van der Waals surface area contributed by atoms with Crippen molar-refractivity contribution in [3.05, 3.63) is 106 Å². The SMILES string of the molecule is CC[C@H](C)c1nc2ccc(Br)cc2c(=O)n1N=Cc1cc(Cl)c(OCc2ccc([N+](=O)[O-])cc2)c(Br)c1. The number of benzene rings is 3. The van der Waals surface area contributed by atoms with Gasteiger partial charge < -0.3 is 4.74 Å². The highest BCUT2D eigenvalue weighted by Crippen LogP contribution is 2.35. The minimum absolute atomic E-state index is 0.0106. The summed E-state index contributed by atoms with van der Waals surface area (Å²) in [5.74, 6) is 1.02. The molecule has 3 aromatic carbocycles. The van der Waals surface area contributed by atoms with Crippen molar-refractivity contribution >= 4 is 66.3 Å². The van der Waals surface area contributed by atoms with Crippen molar-refractivity contribution in [2.24, 2.45) is 5.10 Å². The number of rotatable bonds is 8. The van der Waals surface area contributed by atoms with Crippen LogP contribution in [0.5, 0.6) is 5.75 Å². The van der Waals surface area contributed by atoms with E-state index in [1.54, 1.807) is 36.5 Å². The standard InChI is InChI=1S/C26H21Br2ClN4O4/c1-3-15(2)25-31-23-9-6-18(27)12-20(23)26(34)32(25)30-13-17-10-21(28)24(22(29)11-17)37-14-16-4-7-19(8-5-16)33(35)36/h4-13,15H,3,14H2,1-2H3/t15-/m0/s1. The van der Waals surface area contributed by atoms with Crippen LogP contribution in [0.3, 0.4) is 0 Å². The Hall–Kier alpha value is -3.08. The lowest BCUT2D eigenvalue weighted by Gasteiger charge is -2.14. The average molecular weight is 649 g/mol. The summed E-state index contributed by atoms with van der Waals surface area (Å²) in [6, 6.07) is 15.0. The number of hydrogen-bond donors (Lipinski definition) is 0. The molecule has 0 radical (unpaired) electrons. The zero-order chi connectivity index (χ0) is 26.7. The van der Waals surface area contributed by atoms with Crippen molar-refractivity contribution in [3.63, 3.8) is 0 Å². The van der Waals surface area contributed by atoms with Crippen LogP contribution >= 0.6 is 43.5 Å². The van der Waals surface area contributed by atoms with Gasteiger partial charge in [0.25, 0.3) is 11.2 Å². The van der Waals surface area contributed by atoms with Gasteiger partial charge in [0.05, 0.1) is 31.5 Å². The molecule has 37 heavy (non-hydrogen) atoms. The van der Waals surface area contributed by atoms with E-state index in [0.717, 1.165) is 16.5 Å². The summed E-state index contributed by atoms with van der Waals surface area (Å²) in [6.45, 7) is 4.21. The molecule has 1 atom stereocenters. The van der Waals surface area contributed by atoms with Gasteiger partial charge in [-0.1, -0.05) is 41.4 Å². The molecule has 0 aliphatic carbocycles. The van der Waals surface area contributed by atoms with E-state index in [0.29, 0.717) is 37.5 Å². The van der Waals surface area contributed by atoms with Crippen molar-refractivity contribution in [2.45, 2.75) is 32.8 Å². The van der Waals surface area contributed by atoms with E-state index in [2.05, 4.69) is 37.0 Å². The molecule has 0 bridgehead atoms. The van der Waals surface area contributed by atoms with Crippen LogP contribution in [-0.2, 0) is 6.61 Å². The Labute approximate surface area is 234 Å². The minimum Gasteiger partial charge on any atom is -0.486 e. The predicted octanol–water partition coefficient (Wildman–Crippen LogP) is 7.46. The number of hydrogen-bond acceptors (Lipinski definition) is 6. The van der Waals surface area contributed by atoms with E-state index < -0.39 is 4.92 Å². The zero-order valence-electron chi connectivity index (χ0n) is 19.8. The van der Waals surface area contributed by atoms with Gasteiger partial charge in [-0.25, -0.2) is 4.98 Å². The van der Waals surface area contributed by atoms with Crippen LogP contribution in [0.1, 0.15) is 43.1 Å². The summed E-state index contributed by atoms with van der Waals surface area (Å²) in [5.41, 5.74) is 1.78. The molecule has 0 amide bonds. The topological polar surface area (TPSA) is 99.6 Å². The summed E-state index contributed by atoms with van der Waals surface area (Å²) < 4.78 is 8.57. The van der Waals surface area contributed by atoms with Crippen molar-refractivity contribution in [1.82, 2.24) is 9.66 Å². The van der Waals surface area contributed by atoms with E-state index >= 15 is 0 Å². The molecular formula is C26H21Br2ClN4O4. The molecule has 1 aromatic heterocycles. The molecule has 4 rings (SSSR count). The number of nitrogens with zero attached hydrogens (tertiary/aromatic N) is 4. The summed E-state index contributed by atoms with van der Waals surface area (Å²) in [7, 11) is 0. The number of non-ortho nitro benzene ring substituents is 1. The Kier molecular flexibility index (Phi) is 8.41. The van der Waals surface area contributed by atoms with Crippen LogP contribution in [0.2, 0.25) is 5.02 Å². The van der Waals surface area contributed by atoms with Crippen LogP contribution < -0.4 is 10.3 Å². The molecule has 0 spiro atoms. The van der Waals surface area contributed by atoms with E-state index in [9.17, 15) is 14.9 Å². The van der Waals surface area contributed by atoms with Gasteiger partial charge >= 0.3 is 0 Å². The molecule has 0 saturated carbocycles. The number of ether oxygens (including phenoxy) is 1. The number of fused-ring (bicyclic) bond motifs is 1. The van der Waals surface area contributed by atoms with E-state index in [4.69, 9.17) is 21.3 Å². The minimum atomic E-state index is -0.453. The van der Waals surface area contributed by atoms with Gasteiger partial charge in [-0.2, -0.15) is 9.78 Å². The van der Waals surface area contributed by atoms with Gasteiger partial charge in [0.15, 0.2) is 5.75 Å². The van der Waals surface area contributed by atoms with Crippen LogP contribution in [0, 0.1) is 10.1 Å². The molecule has 190 valence electrons. The van der Waals surface area contributed by atoms with Gasteiger partial charge in [0.2, 0.25) is 0 Å². The molecule has 0 saturated heterocycles. The Morgan fingerprint density at radius 3 is 2.57 bits per heavy atom. The molecule has 4 aromatic rings. The molecule has 0 aliphatic rings. The highest BCUT2D eigenvalue weighted by Gasteiger charge is 2.16. The van der Waals surface area contributed by atoms with Crippen molar-refractivity contribution in [1.29, 1.82) is 0 Å². The molecule has 11 heteroatoms. The van der Waals surface area contributed by atoms with Crippen LogP contribution in [0.25, 0.3) is 10.9 Å². The molecule has 0 fully saturated rings. The number of halogens is 3. The quantitative estimate of drug-likeness (QED) is 0.112. The maximum atomic E-state index is 13.3. The summed E-state index contributed by atoms with van der Waals surface area (Å²) in [6.07, 6.45) is 2.34. The molecule has 8 nitrogen and oxygen atoms in total. The first-order chi connectivity index (χ1) is 17.7. The Morgan fingerprint density at radius 1 is 1.19 bits per heavy atom. The van der Waals surface area contributed by atoms with Crippen molar-refractivity contribution in [2.75, 3.05) is 0 Å². The fraction of sp³-hybridized carbons (Fsp3) is 0.192. The number of nitro benzene ring substituents is 1. The third-order valence-corrected chi connectivity index (χ3v) is 7.12. The largest absolute Gasteiger partial charge is 0.486 e.